The summed E-state index contributed by atoms with van der Waals surface area (Å²) in [6, 6.07) is 13.5. The van der Waals surface area contributed by atoms with Crippen LogP contribution in [0.15, 0.2) is 64.3 Å². The molecule has 0 unspecified atom stereocenters. The van der Waals surface area contributed by atoms with Crippen LogP contribution < -0.4 is 15.6 Å². The molecule has 0 radical (unpaired) electrons. The first-order valence-electron chi connectivity index (χ1n) is 8.84. The van der Waals surface area contributed by atoms with E-state index in [1.54, 1.807) is 68.5 Å². The lowest BCUT2D eigenvalue weighted by atomic mass is 10.1. The van der Waals surface area contributed by atoms with Crippen LogP contribution in [0.3, 0.4) is 0 Å². The van der Waals surface area contributed by atoms with Crippen molar-refractivity contribution in [1.29, 1.82) is 0 Å². The molecule has 1 heterocycles. The third kappa shape index (κ3) is 5.29. The predicted molar refractivity (Wildman–Crippen MR) is 110 cm³/mol. The van der Waals surface area contributed by atoms with Crippen LogP contribution in [0, 0.1) is 0 Å². The zero-order valence-electron chi connectivity index (χ0n) is 16.0. The molecule has 2 aromatic rings. The summed E-state index contributed by atoms with van der Waals surface area (Å²) in [5.74, 6) is 0.0465. The van der Waals surface area contributed by atoms with E-state index in [0.717, 1.165) is 11.1 Å². The van der Waals surface area contributed by atoms with Gasteiger partial charge in [0.2, 0.25) is 0 Å². The summed E-state index contributed by atoms with van der Waals surface area (Å²) in [6.45, 7) is 3.31. The summed E-state index contributed by atoms with van der Waals surface area (Å²) in [4.78, 5) is 23.6. The van der Waals surface area contributed by atoms with Crippen molar-refractivity contribution in [3.8, 4) is 11.5 Å². The maximum Gasteiger partial charge on any atom is 0.277 e. The molecule has 0 saturated carbocycles. The maximum absolute atomic E-state index is 11.9. The van der Waals surface area contributed by atoms with Gasteiger partial charge < -0.3 is 9.84 Å². The quantitative estimate of drug-likeness (QED) is 0.397. The Morgan fingerprint density at radius 2 is 1.90 bits per heavy atom. The molecule has 0 aliphatic carbocycles. The van der Waals surface area contributed by atoms with Crippen molar-refractivity contribution in [2.45, 2.75) is 13.8 Å². The number of phenolic OH excluding ortho intramolecular Hbond substituents is 1. The number of hydrogen-bond donors (Lipinski definition) is 3. The van der Waals surface area contributed by atoms with Crippen molar-refractivity contribution in [2.24, 2.45) is 10.2 Å². The monoisotopic (exact) mass is 392 g/mol. The van der Waals surface area contributed by atoms with Gasteiger partial charge in [0.05, 0.1) is 17.0 Å². The van der Waals surface area contributed by atoms with Gasteiger partial charge in [0.15, 0.2) is 6.61 Å². The highest BCUT2D eigenvalue weighted by molar-refractivity contribution is 6.26. The van der Waals surface area contributed by atoms with E-state index in [1.165, 1.54) is 0 Å². The minimum Gasteiger partial charge on any atom is -0.508 e. The first-order valence-corrected chi connectivity index (χ1v) is 8.84. The van der Waals surface area contributed by atoms with Gasteiger partial charge in [0.1, 0.15) is 11.5 Å². The van der Waals surface area contributed by atoms with Gasteiger partial charge in [-0.1, -0.05) is 12.1 Å². The van der Waals surface area contributed by atoms with Gasteiger partial charge in [0.25, 0.3) is 11.8 Å². The summed E-state index contributed by atoms with van der Waals surface area (Å²) in [7, 11) is 0. The van der Waals surface area contributed by atoms with E-state index in [1.807, 2.05) is 0 Å². The second kappa shape index (κ2) is 8.83. The van der Waals surface area contributed by atoms with Crippen LogP contribution in [0.4, 0.5) is 0 Å². The van der Waals surface area contributed by atoms with Crippen molar-refractivity contribution in [3.05, 3.63) is 65.2 Å². The summed E-state index contributed by atoms with van der Waals surface area (Å²) < 4.78 is 5.45. The summed E-state index contributed by atoms with van der Waals surface area (Å²) in [5, 5.41) is 17.2. The van der Waals surface area contributed by atoms with E-state index < -0.39 is 5.91 Å². The number of ether oxygens (including phenoxy) is 1. The van der Waals surface area contributed by atoms with Crippen molar-refractivity contribution in [2.75, 3.05) is 6.61 Å². The molecule has 29 heavy (non-hydrogen) atoms. The van der Waals surface area contributed by atoms with Crippen LogP contribution in [0.1, 0.15) is 25.0 Å². The minimum atomic E-state index is -0.399. The Hall–Kier alpha value is -3.94. The number of benzene rings is 2. The smallest absolute Gasteiger partial charge is 0.277 e. The normalized spacial score (nSPS) is 15.1. The molecule has 3 N–H and O–H groups in total. The highest BCUT2D eigenvalue weighted by Crippen LogP contribution is 2.16. The fourth-order valence-corrected chi connectivity index (χ4v) is 2.51. The van der Waals surface area contributed by atoms with E-state index >= 15 is 0 Å². The third-order valence-electron chi connectivity index (χ3n) is 4.15. The molecule has 8 nitrogen and oxygen atoms in total. The number of carbonyl (C=O) groups is 2. The zero-order chi connectivity index (χ0) is 20.8. The van der Waals surface area contributed by atoms with E-state index in [9.17, 15) is 14.7 Å². The zero-order valence-corrected chi connectivity index (χ0v) is 16.0. The first-order chi connectivity index (χ1) is 13.9. The number of aromatic hydroxyl groups is 1. The second-order valence-corrected chi connectivity index (χ2v) is 6.33. The number of rotatable bonds is 6. The van der Waals surface area contributed by atoms with E-state index in [2.05, 4.69) is 21.1 Å². The van der Waals surface area contributed by atoms with E-state index in [4.69, 9.17) is 4.74 Å². The first kappa shape index (κ1) is 19.8. The maximum atomic E-state index is 11.9. The molecule has 0 aromatic heterocycles. The van der Waals surface area contributed by atoms with Gasteiger partial charge in [-0.2, -0.15) is 10.2 Å². The molecule has 0 bridgehead atoms. The number of nitrogens with zero attached hydrogens (tertiary/aromatic N) is 2. The van der Waals surface area contributed by atoms with Crippen molar-refractivity contribution in [1.82, 2.24) is 10.9 Å². The molecular weight excluding hydrogens is 372 g/mol. The number of hydrogen-bond acceptors (Lipinski definition) is 6. The Morgan fingerprint density at radius 1 is 1.21 bits per heavy atom. The average Bonchev–Trinajstić information content (AvgIpc) is 3.04. The molecule has 0 fully saturated rings. The van der Waals surface area contributed by atoms with Crippen molar-refractivity contribution >= 4 is 29.3 Å². The number of amides is 2. The summed E-state index contributed by atoms with van der Waals surface area (Å²) >= 11 is 0. The highest BCUT2D eigenvalue weighted by Gasteiger charge is 2.18. The van der Waals surface area contributed by atoms with Gasteiger partial charge in [-0.3, -0.25) is 9.59 Å². The third-order valence-corrected chi connectivity index (χ3v) is 4.15. The van der Waals surface area contributed by atoms with E-state index in [-0.39, 0.29) is 18.3 Å². The number of carbonyl (C=O) groups excluding carboxylic acids is 2. The lowest BCUT2D eigenvalue weighted by Gasteiger charge is -2.06. The molecule has 8 heteroatoms. The van der Waals surface area contributed by atoms with E-state index in [0.29, 0.717) is 22.7 Å². The molecule has 3 rings (SSSR count). The molecule has 1 aliphatic rings. The highest BCUT2D eigenvalue weighted by atomic mass is 16.5. The van der Waals surface area contributed by atoms with Crippen LogP contribution in [-0.4, -0.2) is 35.0 Å². The van der Waals surface area contributed by atoms with Gasteiger partial charge in [-0.05, 0) is 67.4 Å². The Bertz CT molecular complexity index is 1010. The van der Waals surface area contributed by atoms with Crippen molar-refractivity contribution in [3.63, 3.8) is 0 Å². The average molecular weight is 392 g/mol. The minimum absolute atomic E-state index is 0.163. The lowest BCUT2D eigenvalue weighted by Crippen LogP contribution is -2.25. The number of phenols is 1. The Balaban J connectivity index is 1.52. The number of hydrazone groups is 2. The molecule has 0 saturated heterocycles. The molecule has 1 aliphatic heterocycles. The van der Waals surface area contributed by atoms with Crippen LogP contribution >= 0.6 is 0 Å². The Labute approximate surface area is 167 Å². The van der Waals surface area contributed by atoms with Crippen LogP contribution in [0.25, 0.3) is 6.08 Å². The van der Waals surface area contributed by atoms with Gasteiger partial charge in [-0.15, -0.1) is 0 Å². The van der Waals surface area contributed by atoms with Crippen LogP contribution in [0.5, 0.6) is 11.5 Å². The molecule has 0 spiro atoms. The number of nitrogens with one attached hydrogen (secondary N) is 2. The SMILES string of the molecule is CC1=NNC(=O)/C1=C/c1ccc(OCC(=O)N/N=C(\C)c2ccc(O)cc2)cc1. The predicted octanol–water partition coefficient (Wildman–Crippen LogP) is 2.20. The fraction of sp³-hybridized carbons (Fsp3) is 0.143. The summed E-state index contributed by atoms with van der Waals surface area (Å²) in [5.41, 5.74) is 8.19. The summed E-state index contributed by atoms with van der Waals surface area (Å²) in [6.07, 6.45) is 1.73. The molecular formula is C21H20N4O4. The van der Waals surface area contributed by atoms with Gasteiger partial charge in [-0.25, -0.2) is 10.9 Å². The van der Waals surface area contributed by atoms with Gasteiger partial charge >= 0.3 is 0 Å². The second-order valence-electron chi connectivity index (χ2n) is 6.33. The van der Waals surface area contributed by atoms with Crippen molar-refractivity contribution < 1.29 is 19.4 Å². The molecule has 0 atom stereocenters. The largest absolute Gasteiger partial charge is 0.508 e. The van der Waals surface area contributed by atoms with Crippen LogP contribution in [-0.2, 0) is 9.59 Å². The topological polar surface area (TPSA) is 112 Å². The standard InChI is InChI=1S/C21H20N4O4/c1-13(16-5-7-17(26)8-6-16)22-24-20(27)12-29-18-9-3-15(4-10-18)11-19-14(2)23-25-21(19)28/h3-11,26H,12H2,1-2H3,(H,24,27)(H,25,28)/b19-11+,22-13+. The van der Waals surface area contributed by atoms with Crippen LogP contribution in [0.2, 0.25) is 0 Å². The lowest BCUT2D eigenvalue weighted by molar-refractivity contribution is -0.123. The molecule has 148 valence electrons. The Kier molecular flexibility index (Phi) is 6.03. The fourth-order valence-electron chi connectivity index (χ4n) is 2.51. The molecule has 2 amide bonds. The van der Waals surface area contributed by atoms with Gasteiger partial charge in [0, 0.05) is 0 Å². The molecule has 2 aromatic carbocycles. The Morgan fingerprint density at radius 3 is 2.52 bits per heavy atom.